The second-order valence-corrected chi connectivity index (χ2v) is 45.2. The molecule has 0 aromatic heterocycles. The predicted octanol–water partition coefficient (Wildman–Crippen LogP) is -36.9. The van der Waals surface area contributed by atoms with E-state index in [1.165, 1.54) is 19.1 Å². The Morgan fingerprint density at radius 1 is 0.339 bits per heavy atom. The van der Waals surface area contributed by atoms with Crippen LogP contribution in [0.3, 0.4) is 0 Å². The third-order valence-electron chi connectivity index (χ3n) is 25.2. The number of hydrogen-bond acceptors (Lipinski definition) is 7. The van der Waals surface area contributed by atoms with Crippen molar-refractivity contribution < 1.29 is 29.0 Å². The van der Waals surface area contributed by atoms with E-state index in [9.17, 15) is 14.4 Å². The van der Waals surface area contributed by atoms with Gasteiger partial charge in [-0.1, -0.05) is 37.6 Å². The van der Waals surface area contributed by atoms with Crippen molar-refractivity contribution in [1.29, 1.82) is 0 Å². The van der Waals surface area contributed by atoms with E-state index in [0.717, 1.165) is 7.06 Å². The summed E-state index contributed by atoms with van der Waals surface area (Å²) in [6, 6.07) is 5.51. The highest BCUT2D eigenvalue weighted by Gasteiger charge is 2.70. The first-order chi connectivity index (χ1) is 58.1. The molecular weight excluding hydrogens is 1580 g/mol. The lowest BCUT2D eigenvalue weighted by atomic mass is 8.26. The van der Waals surface area contributed by atoms with Crippen LogP contribution in [0, 0.1) is 0 Å². The first-order valence-corrected chi connectivity index (χ1v) is 46.7. The monoisotopic (exact) mass is 1620 g/mol. The molecule has 0 amide bonds. The number of nitrogens with one attached hydrogen (secondary N) is 1. The molecule has 1 aliphatic heterocycles. The van der Waals surface area contributed by atoms with Crippen molar-refractivity contribution >= 4 is 783 Å². The topological polar surface area (TPSA) is 102 Å². The van der Waals surface area contributed by atoms with E-state index >= 15 is 0 Å². The SMILES string of the molecule is CC(=O)Oc1ccccc1C(=O)O[C@H]1CN[C@H](C(=O)O)C1.[B][B]B([B])B(B([B])[B])B(B(B(B([B])[B])B([B])[B])B(B([B])[B])B([B])[B])B(B(B(B([B])[B])B([B])[B])B(B([B])[B])B([B])[B])P(=S)(I)B(B(B(B(B([B])[B])B([B])[B])B(B([B])[B])B([B])[B])B(B(B([B])[B])B([B])[B])B(B([B])[B])B([B])[B])B(B(B(B([B])[B])B([B])[B])B(B([B])[B])B([B])[B])B(B(B([B])[B])B([B])[B])B(B([B])[B])B([B])[B]. The van der Waals surface area contributed by atoms with Gasteiger partial charge in [0.2, 0.25) is 0 Å². The fraction of sp³-hybridized carbons (Fsp3) is 0.357. The molecule has 127 heavy (non-hydrogen) atoms. The molecule has 0 spiro atoms. The van der Waals surface area contributed by atoms with Crippen molar-refractivity contribution in [3.05, 3.63) is 29.8 Å². The van der Waals surface area contributed by atoms with Crippen LogP contribution in [0.25, 0.3) is 0 Å². The number of esters is 2. The molecule has 0 aliphatic carbocycles. The van der Waals surface area contributed by atoms with E-state index < -0.39 is 352 Å². The van der Waals surface area contributed by atoms with Gasteiger partial charge >= 0.3 is 17.9 Å². The average Bonchev–Trinajstić information content (AvgIpc) is 0.736. The van der Waals surface area contributed by atoms with Gasteiger partial charge in [0.1, 0.15) is 23.5 Å². The van der Waals surface area contributed by atoms with E-state index in [2.05, 4.69) is 5.32 Å². The fourth-order valence-corrected chi connectivity index (χ4v) is 30.6. The molecule has 113 heteroatoms. The van der Waals surface area contributed by atoms with Crippen molar-refractivity contribution in [3.63, 3.8) is 0 Å². The second-order valence-electron chi connectivity index (χ2n) is 34.2. The standard InChI is InChI=1S/C14H15NO6.B103IPS/c1-8(16)20-12-5-3-2-4-10(12)14(19)21-9-6-11(13(17)18)15-7-9;1-53-79(52)92(78(50)51)99(93(80(54(2)3)55(4)5)81(56(6)7)57(8)9)102(98(90(74(42)43)75(44)45)91(76(46)47)77(48)49)105(104,106)103(100(94(82(58(10)11)59(12)13)83(60(14)15)61(16)17)95(84(62(18)19)63(20)21)85(64(22)23)65(24)25)101(96(86(66(26)27)67(28)29)87(68(30)31)69(32)33)97(88(70(34)35)71(36)37)89(72(38)39)73(40)41/h2-5,9,11,15H,6-7H2,1H3,(H,17,18);/t9-,11+;/m1./s1. The zero-order valence-corrected chi connectivity index (χ0v) is 75.9. The van der Waals surface area contributed by atoms with E-state index in [1.807, 2.05) is 22.0 Å². The number of aliphatic carboxylic acids is 1. The molecular formula is C14H15B103INO6PS. The number of rotatable bonds is 55. The number of carbonyl (C=O) groups is 3. The molecule has 2 N–H and O–H groups in total. The lowest BCUT2D eigenvalue weighted by Gasteiger charge is -2.62. The van der Waals surface area contributed by atoms with Crippen molar-refractivity contribution in [3.8, 4) is 5.75 Å². The van der Waals surface area contributed by atoms with Crippen LogP contribution in [0.4, 0.5) is 0 Å². The van der Waals surface area contributed by atoms with Crippen LogP contribution in [0.15, 0.2) is 24.3 Å². The largest absolute Gasteiger partial charge is 0.480 e. The number of hydrogen-bond donors (Lipinski definition) is 2. The Labute approximate surface area is 875 Å². The molecule has 1 saturated heterocycles. The molecule has 1 aromatic rings. The summed E-state index contributed by atoms with van der Waals surface area (Å²) in [7, 11) is 371. The zero-order chi connectivity index (χ0) is 99.5. The molecule has 1 aromatic carbocycles. The van der Waals surface area contributed by atoms with Gasteiger partial charge < -0.3 is 19.9 Å². The van der Waals surface area contributed by atoms with E-state index in [1.54, 1.807) is 12.1 Å². The Bertz CT molecular complexity index is 2920. The molecule has 7 nitrogen and oxygen atoms in total. The van der Waals surface area contributed by atoms with Gasteiger partial charge in [0.25, 0.3) is 0 Å². The summed E-state index contributed by atoms with van der Waals surface area (Å²) >= 11 is 10.1. The fourth-order valence-electron chi connectivity index (χ4n) is 20.6. The molecule has 1 fully saturated rings. The third kappa shape index (κ3) is 36.1. The molecule has 1 heterocycles. The number of carboxylic acid groups (broad SMARTS) is 1. The Morgan fingerprint density at radius 3 is 0.709 bits per heavy atom. The molecule has 0 saturated carbocycles. The predicted molar refractivity (Wildman–Crippen MR) is 692 cm³/mol. The first kappa shape index (κ1) is 131. The summed E-state index contributed by atoms with van der Waals surface area (Å²) in [4.78, 5) is 33.9. The summed E-state index contributed by atoms with van der Waals surface area (Å²) in [6.45, 7) is 1.51. The molecule has 1 unspecified atom stereocenters. The minimum absolute atomic E-state index is 0.121. The Balaban J connectivity index is 0.00000331. The van der Waals surface area contributed by atoms with Crippen LogP contribution < -0.4 is 10.1 Å². The van der Waals surface area contributed by atoms with Gasteiger partial charge in [-0.05, 0) is 12.1 Å². The molecule has 1 aliphatic rings. The van der Waals surface area contributed by atoms with Crippen molar-refractivity contribution in [1.82, 2.24) is 5.32 Å². The maximum atomic E-state index is 12.1. The molecule has 3 atom stereocenters. The lowest BCUT2D eigenvalue weighted by molar-refractivity contribution is -0.139. The molecule has 2 rings (SSSR count). The van der Waals surface area contributed by atoms with E-state index in [0.29, 0.717) is 0 Å². The summed E-state index contributed by atoms with van der Waals surface area (Å²) in [5.74, 6) is -2.04. The second kappa shape index (κ2) is 60.6. The summed E-state index contributed by atoms with van der Waals surface area (Å²) < 4.78 is 4.87. The van der Waals surface area contributed by atoms with Gasteiger partial charge in [0.05, 0.1) is 12.4 Å². The highest BCUT2D eigenvalue weighted by molar-refractivity contribution is 14.2. The minimum Gasteiger partial charge on any atom is -0.480 e. The maximum absolute atomic E-state index is 12.1. The summed E-state index contributed by atoms with van der Waals surface area (Å²) in [5.41, 5.74) is 0.131. The van der Waals surface area contributed by atoms with Crippen LogP contribution in [0.2, 0.25) is 0 Å². The highest BCUT2D eigenvalue weighted by Crippen LogP contribution is 2.64. The number of halogens is 1. The number of carbonyl (C=O) groups excluding carboxylic acids is 2. The number of para-hydroxylation sites is 1. The summed E-state index contributed by atoms with van der Waals surface area (Å²) in [5, 5.41) is 11.6. The third-order valence-corrected chi connectivity index (χ3v) is 33.5. The minimum atomic E-state index is -5.31. The van der Waals surface area contributed by atoms with Gasteiger partial charge in [-0.15, -0.1) is 11.8 Å². The van der Waals surface area contributed by atoms with Crippen LogP contribution >= 0.6 is 25.5 Å². The summed E-state index contributed by atoms with van der Waals surface area (Å²) in [6.07, 6.45) is -93.1. The molecule has 0 bridgehead atoms. The van der Waals surface area contributed by atoms with Gasteiger partial charge in [0.15, 0.2) is 0 Å². The Hall–Kier alpha value is 5.66. The smallest absolute Gasteiger partial charge is 0.342 e. The number of benzene rings is 1. The quantitative estimate of drug-likeness (QED) is 0.0219. The van der Waals surface area contributed by atoms with Gasteiger partial charge in [-0.2, -0.15) is 0 Å². The molecule has 439 valence electrons. The average molecular weight is 1600 g/mol. The number of ether oxygens (including phenoxy) is 2. The highest BCUT2D eigenvalue weighted by atomic mass is 127. The Kier molecular flexibility index (Phi) is 62.3. The normalized spacial score (nSPS) is 12.2. The van der Waals surface area contributed by atoms with E-state index in [4.69, 9.17) is 429 Å². The van der Waals surface area contributed by atoms with Crippen molar-refractivity contribution in [2.75, 3.05) is 6.54 Å². The van der Waals surface area contributed by atoms with Crippen LogP contribution in [0.5, 0.6) is 5.75 Å². The lowest BCUT2D eigenvalue weighted by Crippen LogP contribution is -2.96. The maximum Gasteiger partial charge on any atom is 0.342 e. The van der Waals surface area contributed by atoms with E-state index in [-0.39, 0.29) is 24.3 Å². The van der Waals surface area contributed by atoms with Crippen LogP contribution in [0.1, 0.15) is 23.7 Å². The van der Waals surface area contributed by atoms with Crippen LogP contribution in [-0.2, 0) is 26.1 Å². The van der Waals surface area contributed by atoms with Crippen LogP contribution in [-0.4, -0.2) is 770 Å². The zero-order valence-electron chi connectivity index (χ0n) is 72.1. The first-order valence-electron chi connectivity index (χ1n) is 41.0. The van der Waals surface area contributed by atoms with Gasteiger partial charge in [-0.3, -0.25) is 9.59 Å². The van der Waals surface area contributed by atoms with Gasteiger partial charge in [0, 0.05) is 736 Å². The molecule has 105 radical (unpaired) electrons. The number of carboxylic acids is 1. The van der Waals surface area contributed by atoms with Crippen molar-refractivity contribution in [2.24, 2.45) is 0 Å². The van der Waals surface area contributed by atoms with Crippen molar-refractivity contribution in [2.45, 2.75) is 25.5 Å². The van der Waals surface area contributed by atoms with Gasteiger partial charge in [-0.25, -0.2) is 4.79 Å². The Morgan fingerprint density at radius 2 is 0.528 bits per heavy atom.